The Morgan fingerprint density at radius 2 is 2.22 bits per heavy atom. The number of halogens is 1. The zero-order valence-electron chi connectivity index (χ0n) is 11.0. The lowest BCUT2D eigenvalue weighted by molar-refractivity contribution is -0.120. The zero-order valence-corrected chi connectivity index (χ0v) is 12.6. The second kappa shape index (κ2) is 5.87. The zero-order chi connectivity index (χ0) is 13.1. The number of carbonyl (C=O) groups is 1. The first kappa shape index (κ1) is 13.6. The molecule has 1 amide bonds. The first-order chi connectivity index (χ1) is 8.61. The first-order valence-corrected chi connectivity index (χ1v) is 7.50. The lowest BCUT2D eigenvalue weighted by Crippen LogP contribution is -2.25. The number of anilines is 1. The molecule has 2 unspecified atom stereocenters. The average Bonchev–Trinajstić information content (AvgIpc) is 2.77. The second-order valence-corrected chi connectivity index (χ2v) is 6.07. The first-order valence-electron chi connectivity index (χ1n) is 6.71. The number of benzene rings is 1. The van der Waals surface area contributed by atoms with Crippen molar-refractivity contribution in [1.82, 2.24) is 0 Å². The van der Waals surface area contributed by atoms with Gasteiger partial charge in [0, 0.05) is 16.1 Å². The van der Waals surface area contributed by atoms with E-state index in [4.69, 9.17) is 0 Å². The molecule has 1 aliphatic carbocycles. The average molecular weight is 310 g/mol. The lowest BCUT2D eigenvalue weighted by Gasteiger charge is -2.17. The van der Waals surface area contributed by atoms with Gasteiger partial charge in [-0.25, -0.2) is 0 Å². The van der Waals surface area contributed by atoms with E-state index in [2.05, 4.69) is 41.2 Å². The molecule has 98 valence electrons. The smallest absolute Gasteiger partial charge is 0.227 e. The highest BCUT2D eigenvalue weighted by molar-refractivity contribution is 9.10. The van der Waals surface area contributed by atoms with Crippen LogP contribution in [0.1, 0.15) is 38.7 Å². The molecule has 1 N–H and O–H groups in total. The van der Waals surface area contributed by atoms with Crippen molar-refractivity contribution in [2.75, 3.05) is 5.32 Å². The Balaban J connectivity index is 2.11. The van der Waals surface area contributed by atoms with Crippen LogP contribution in [-0.2, 0) is 11.2 Å². The summed E-state index contributed by atoms with van der Waals surface area (Å²) in [6.45, 7) is 4.29. The van der Waals surface area contributed by atoms with Gasteiger partial charge < -0.3 is 5.32 Å². The van der Waals surface area contributed by atoms with Crippen molar-refractivity contribution >= 4 is 27.5 Å². The van der Waals surface area contributed by atoms with Crippen LogP contribution in [0, 0.1) is 11.8 Å². The molecule has 0 radical (unpaired) electrons. The van der Waals surface area contributed by atoms with Crippen LogP contribution in [0.5, 0.6) is 0 Å². The molecule has 1 aliphatic rings. The van der Waals surface area contributed by atoms with Crippen LogP contribution in [0.3, 0.4) is 0 Å². The summed E-state index contributed by atoms with van der Waals surface area (Å²) >= 11 is 3.47. The van der Waals surface area contributed by atoms with Gasteiger partial charge in [0.2, 0.25) is 5.91 Å². The van der Waals surface area contributed by atoms with Gasteiger partial charge >= 0.3 is 0 Å². The van der Waals surface area contributed by atoms with Crippen LogP contribution in [-0.4, -0.2) is 5.91 Å². The standard InChI is InChI=1S/C15H20BrNO/c1-3-11-9-12(16)7-8-14(11)17-15(18)13-6-4-5-10(13)2/h7-10,13H,3-6H2,1-2H3,(H,17,18). The molecule has 0 aliphatic heterocycles. The van der Waals surface area contributed by atoms with Gasteiger partial charge in [-0.2, -0.15) is 0 Å². The minimum atomic E-state index is 0.192. The molecule has 1 aromatic rings. The molecule has 1 saturated carbocycles. The number of amides is 1. The normalized spacial score (nSPS) is 23.1. The van der Waals surface area contributed by atoms with Gasteiger partial charge in [-0.1, -0.05) is 36.2 Å². The topological polar surface area (TPSA) is 29.1 Å². The molecule has 0 saturated heterocycles. The molecule has 0 bridgehead atoms. The third-order valence-electron chi connectivity index (χ3n) is 3.90. The Morgan fingerprint density at radius 1 is 1.44 bits per heavy atom. The Labute approximate surface area is 117 Å². The van der Waals surface area contributed by atoms with Gasteiger partial charge in [-0.05, 0) is 48.9 Å². The maximum atomic E-state index is 12.3. The fourth-order valence-electron chi connectivity index (χ4n) is 2.74. The SMILES string of the molecule is CCc1cc(Br)ccc1NC(=O)C1CCCC1C. The Bertz CT molecular complexity index is 444. The van der Waals surface area contributed by atoms with Crippen molar-refractivity contribution in [2.24, 2.45) is 11.8 Å². The van der Waals surface area contributed by atoms with Crippen LogP contribution in [0.2, 0.25) is 0 Å². The molecule has 2 rings (SSSR count). The number of nitrogens with one attached hydrogen (secondary N) is 1. The number of aryl methyl sites for hydroxylation is 1. The van der Waals surface area contributed by atoms with Crippen LogP contribution < -0.4 is 5.32 Å². The van der Waals surface area contributed by atoms with E-state index in [-0.39, 0.29) is 11.8 Å². The fourth-order valence-corrected chi connectivity index (χ4v) is 3.15. The summed E-state index contributed by atoms with van der Waals surface area (Å²) in [7, 11) is 0. The van der Waals surface area contributed by atoms with E-state index in [9.17, 15) is 4.79 Å². The van der Waals surface area contributed by atoms with E-state index in [1.165, 1.54) is 18.4 Å². The highest BCUT2D eigenvalue weighted by Crippen LogP contribution is 2.32. The highest BCUT2D eigenvalue weighted by atomic mass is 79.9. The van der Waals surface area contributed by atoms with Crippen molar-refractivity contribution in [3.8, 4) is 0 Å². The molecular weight excluding hydrogens is 290 g/mol. The number of carbonyl (C=O) groups excluding carboxylic acids is 1. The fraction of sp³-hybridized carbons (Fsp3) is 0.533. The summed E-state index contributed by atoms with van der Waals surface area (Å²) in [5.74, 6) is 0.904. The predicted molar refractivity (Wildman–Crippen MR) is 78.7 cm³/mol. The molecule has 0 spiro atoms. The quantitative estimate of drug-likeness (QED) is 0.881. The maximum Gasteiger partial charge on any atom is 0.227 e. The van der Waals surface area contributed by atoms with Gasteiger partial charge in [0.15, 0.2) is 0 Å². The van der Waals surface area contributed by atoms with E-state index >= 15 is 0 Å². The second-order valence-electron chi connectivity index (χ2n) is 5.16. The summed E-state index contributed by atoms with van der Waals surface area (Å²) in [6, 6.07) is 6.04. The largest absolute Gasteiger partial charge is 0.326 e. The molecule has 0 aromatic heterocycles. The molecule has 3 heteroatoms. The maximum absolute atomic E-state index is 12.3. The Hall–Kier alpha value is -0.830. The summed E-state index contributed by atoms with van der Waals surface area (Å²) in [6.07, 6.45) is 4.32. The predicted octanol–water partition coefficient (Wildman–Crippen LogP) is 4.39. The van der Waals surface area contributed by atoms with E-state index in [1.54, 1.807) is 0 Å². The third kappa shape index (κ3) is 2.94. The van der Waals surface area contributed by atoms with Crippen LogP contribution in [0.25, 0.3) is 0 Å². The van der Waals surface area contributed by atoms with E-state index < -0.39 is 0 Å². The van der Waals surface area contributed by atoms with Crippen molar-refractivity contribution in [2.45, 2.75) is 39.5 Å². The molecular formula is C15H20BrNO. The van der Waals surface area contributed by atoms with Crippen LogP contribution >= 0.6 is 15.9 Å². The Morgan fingerprint density at radius 3 is 2.83 bits per heavy atom. The molecule has 2 atom stereocenters. The minimum Gasteiger partial charge on any atom is -0.326 e. The summed E-state index contributed by atoms with van der Waals surface area (Å²) in [4.78, 5) is 12.3. The van der Waals surface area contributed by atoms with Gasteiger partial charge in [0.25, 0.3) is 0 Å². The lowest BCUT2D eigenvalue weighted by atomic mass is 9.97. The van der Waals surface area contributed by atoms with Crippen molar-refractivity contribution in [1.29, 1.82) is 0 Å². The van der Waals surface area contributed by atoms with Crippen molar-refractivity contribution in [3.05, 3.63) is 28.2 Å². The summed E-state index contributed by atoms with van der Waals surface area (Å²) in [5, 5.41) is 3.10. The van der Waals surface area contributed by atoms with E-state index in [1.807, 2.05) is 12.1 Å². The number of hydrogen-bond donors (Lipinski definition) is 1. The molecule has 0 heterocycles. The van der Waals surface area contributed by atoms with Crippen LogP contribution in [0.4, 0.5) is 5.69 Å². The van der Waals surface area contributed by atoms with Gasteiger partial charge in [-0.15, -0.1) is 0 Å². The van der Waals surface area contributed by atoms with Gasteiger partial charge in [0.05, 0.1) is 0 Å². The molecule has 18 heavy (non-hydrogen) atoms. The molecule has 2 nitrogen and oxygen atoms in total. The molecule has 1 aromatic carbocycles. The Kier molecular flexibility index (Phi) is 4.44. The highest BCUT2D eigenvalue weighted by Gasteiger charge is 2.29. The van der Waals surface area contributed by atoms with Crippen molar-refractivity contribution < 1.29 is 4.79 Å². The van der Waals surface area contributed by atoms with Crippen molar-refractivity contribution in [3.63, 3.8) is 0 Å². The number of rotatable bonds is 3. The van der Waals surface area contributed by atoms with Crippen LogP contribution in [0.15, 0.2) is 22.7 Å². The monoisotopic (exact) mass is 309 g/mol. The third-order valence-corrected chi connectivity index (χ3v) is 4.40. The van der Waals surface area contributed by atoms with Gasteiger partial charge in [0.1, 0.15) is 0 Å². The number of hydrogen-bond acceptors (Lipinski definition) is 1. The minimum absolute atomic E-state index is 0.192. The summed E-state index contributed by atoms with van der Waals surface area (Å²) in [5.41, 5.74) is 2.15. The van der Waals surface area contributed by atoms with E-state index in [0.29, 0.717) is 5.92 Å². The summed E-state index contributed by atoms with van der Waals surface area (Å²) < 4.78 is 1.06. The van der Waals surface area contributed by atoms with E-state index in [0.717, 1.165) is 23.0 Å². The molecule has 1 fully saturated rings. The van der Waals surface area contributed by atoms with Gasteiger partial charge in [-0.3, -0.25) is 4.79 Å².